The Hall–Kier alpha value is -1.76. The Morgan fingerprint density at radius 2 is 2.38 bits per heavy atom. The molecule has 0 aliphatic carbocycles. The molecule has 0 saturated heterocycles. The summed E-state index contributed by atoms with van der Waals surface area (Å²) in [5, 5.41) is 9.22. The smallest absolute Gasteiger partial charge is 0.292 e. The van der Waals surface area contributed by atoms with E-state index in [0.717, 1.165) is 0 Å². The Kier molecular flexibility index (Phi) is 2.70. The van der Waals surface area contributed by atoms with E-state index in [2.05, 4.69) is 11.1 Å². The van der Waals surface area contributed by atoms with Gasteiger partial charge in [0.25, 0.3) is 6.01 Å². The maximum absolute atomic E-state index is 8.59. The van der Waals surface area contributed by atoms with Crippen molar-refractivity contribution >= 4 is 18.2 Å². The first-order valence-electron chi connectivity index (χ1n) is 3.97. The summed E-state index contributed by atoms with van der Waals surface area (Å²) in [4.78, 5) is 3.94. The third-order valence-corrected chi connectivity index (χ3v) is 1.57. The maximum Gasteiger partial charge on any atom is 0.292 e. The SMILES string of the molecule is C/C=c1/oc(N)n/c1=C/C(C)C#N. The van der Waals surface area contributed by atoms with E-state index in [0.29, 0.717) is 10.8 Å². The van der Waals surface area contributed by atoms with Gasteiger partial charge in [-0.05, 0) is 26.0 Å². The van der Waals surface area contributed by atoms with Crippen LogP contribution in [0, 0.1) is 17.2 Å². The predicted octanol–water partition coefficient (Wildman–Crippen LogP) is -0.00262. The van der Waals surface area contributed by atoms with Crippen molar-refractivity contribution in [2.75, 3.05) is 5.73 Å². The van der Waals surface area contributed by atoms with Crippen LogP contribution in [-0.4, -0.2) is 4.98 Å². The molecule has 1 heterocycles. The number of nitrogens with zero attached hydrogens (tertiary/aromatic N) is 2. The van der Waals surface area contributed by atoms with Crippen molar-refractivity contribution in [2.45, 2.75) is 13.8 Å². The molecule has 4 nitrogen and oxygen atoms in total. The normalized spacial score (nSPS) is 15.8. The summed E-state index contributed by atoms with van der Waals surface area (Å²) >= 11 is 0. The van der Waals surface area contributed by atoms with E-state index in [9.17, 15) is 0 Å². The summed E-state index contributed by atoms with van der Waals surface area (Å²) in [6, 6.07) is 2.21. The van der Waals surface area contributed by atoms with Crippen molar-refractivity contribution in [3.8, 4) is 6.07 Å². The van der Waals surface area contributed by atoms with Crippen LogP contribution in [-0.2, 0) is 0 Å². The molecule has 1 aromatic rings. The van der Waals surface area contributed by atoms with Crippen LogP contribution in [0.1, 0.15) is 13.8 Å². The molecular weight excluding hydrogens is 166 g/mol. The number of oxazole rings is 1. The van der Waals surface area contributed by atoms with Gasteiger partial charge in [0.1, 0.15) is 5.35 Å². The molecule has 1 aromatic heterocycles. The molecule has 2 N–H and O–H groups in total. The zero-order chi connectivity index (χ0) is 9.84. The lowest BCUT2D eigenvalue weighted by Gasteiger charge is -1.85. The second-order valence-electron chi connectivity index (χ2n) is 2.67. The van der Waals surface area contributed by atoms with Crippen molar-refractivity contribution in [3.05, 3.63) is 10.8 Å². The highest BCUT2D eigenvalue weighted by molar-refractivity contribution is 5.31. The lowest BCUT2D eigenvalue weighted by molar-refractivity contribution is 0.545. The van der Waals surface area contributed by atoms with E-state index in [1.54, 1.807) is 19.1 Å². The number of hydrogen-bond acceptors (Lipinski definition) is 4. The molecule has 1 atom stereocenters. The fourth-order valence-electron chi connectivity index (χ4n) is 0.962. The minimum atomic E-state index is -0.191. The number of nitrogens with two attached hydrogens (primary N) is 1. The van der Waals surface area contributed by atoms with E-state index >= 15 is 0 Å². The number of hydrogen-bond donors (Lipinski definition) is 1. The Morgan fingerprint density at radius 3 is 2.92 bits per heavy atom. The van der Waals surface area contributed by atoms with Gasteiger partial charge in [0, 0.05) is 0 Å². The van der Waals surface area contributed by atoms with Crippen molar-refractivity contribution in [1.82, 2.24) is 4.98 Å². The number of aromatic nitrogens is 1. The summed E-state index contributed by atoms with van der Waals surface area (Å²) in [6.07, 6.45) is 3.48. The van der Waals surface area contributed by atoms with Gasteiger partial charge in [-0.15, -0.1) is 0 Å². The molecule has 0 aliphatic heterocycles. The van der Waals surface area contributed by atoms with Gasteiger partial charge in [-0.1, -0.05) is 0 Å². The van der Waals surface area contributed by atoms with E-state index in [1.807, 2.05) is 6.92 Å². The summed E-state index contributed by atoms with van der Waals surface area (Å²) in [6.45, 7) is 3.61. The molecule has 0 aliphatic rings. The van der Waals surface area contributed by atoms with Crippen molar-refractivity contribution in [3.63, 3.8) is 0 Å². The molecule has 0 spiro atoms. The first-order chi connectivity index (χ1) is 6.17. The number of nitriles is 1. The van der Waals surface area contributed by atoms with E-state index < -0.39 is 0 Å². The average molecular weight is 177 g/mol. The standard InChI is InChI=1S/C9H11N3O/c1-3-8-7(4-6(2)5-10)12-9(11)13-8/h3-4,6H,1-2H3,(H2,11,12)/b7-4+,8-3+. The third kappa shape index (κ3) is 2.09. The minimum Gasteiger partial charge on any atom is -0.424 e. The van der Waals surface area contributed by atoms with Crippen LogP contribution in [0.15, 0.2) is 4.42 Å². The third-order valence-electron chi connectivity index (χ3n) is 1.57. The highest BCUT2D eigenvalue weighted by Gasteiger charge is 1.98. The highest BCUT2D eigenvalue weighted by atomic mass is 16.4. The number of nitrogen functional groups attached to an aromatic ring is 1. The number of anilines is 1. The van der Waals surface area contributed by atoms with Gasteiger partial charge in [0.15, 0.2) is 5.42 Å². The van der Waals surface area contributed by atoms with E-state index in [-0.39, 0.29) is 11.9 Å². The molecule has 68 valence electrons. The second kappa shape index (κ2) is 3.76. The second-order valence-corrected chi connectivity index (χ2v) is 2.67. The Morgan fingerprint density at radius 1 is 1.69 bits per heavy atom. The minimum absolute atomic E-state index is 0.129. The molecule has 13 heavy (non-hydrogen) atoms. The van der Waals surface area contributed by atoms with Gasteiger partial charge in [0.05, 0.1) is 12.0 Å². The first kappa shape index (κ1) is 9.33. The van der Waals surface area contributed by atoms with Crippen LogP contribution >= 0.6 is 0 Å². The van der Waals surface area contributed by atoms with E-state index in [4.69, 9.17) is 15.4 Å². The molecule has 0 aromatic carbocycles. The van der Waals surface area contributed by atoms with E-state index in [1.165, 1.54) is 0 Å². The topological polar surface area (TPSA) is 75.8 Å². The fraction of sp³-hybridized carbons (Fsp3) is 0.333. The molecule has 1 rings (SSSR count). The quantitative estimate of drug-likeness (QED) is 0.655. The lowest BCUT2D eigenvalue weighted by Crippen LogP contribution is -2.22. The largest absolute Gasteiger partial charge is 0.424 e. The van der Waals surface area contributed by atoms with Crippen molar-refractivity contribution in [1.29, 1.82) is 5.26 Å². The van der Waals surface area contributed by atoms with Gasteiger partial charge in [0.2, 0.25) is 0 Å². The summed E-state index contributed by atoms with van der Waals surface area (Å²) < 4.78 is 5.08. The zero-order valence-corrected chi connectivity index (χ0v) is 7.61. The predicted molar refractivity (Wildman–Crippen MR) is 49.5 cm³/mol. The maximum atomic E-state index is 8.59. The van der Waals surface area contributed by atoms with Crippen molar-refractivity contribution in [2.24, 2.45) is 5.92 Å². The molecule has 0 amide bonds. The molecule has 4 heteroatoms. The van der Waals surface area contributed by atoms with Gasteiger partial charge in [-0.2, -0.15) is 10.2 Å². The highest BCUT2D eigenvalue weighted by Crippen LogP contribution is 1.92. The van der Waals surface area contributed by atoms with Crippen LogP contribution in [0.3, 0.4) is 0 Å². The van der Waals surface area contributed by atoms with Gasteiger partial charge in [-0.25, -0.2) is 0 Å². The van der Waals surface area contributed by atoms with Gasteiger partial charge >= 0.3 is 0 Å². The molecule has 0 bridgehead atoms. The molecule has 1 unspecified atom stereocenters. The summed E-state index contributed by atoms with van der Waals surface area (Å²) in [7, 11) is 0. The molecule has 0 radical (unpaired) electrons. The van der Waals surface area contributed by atoms with Crippen LogP contribution in [0.5, 0.6) is 0 Å². The fourth-order valence-corrected chi connectivity index (χ4v) is 0.962. The Labute approximate surface area is 76.0 Å². The average Bonchev–Trinajstić information content (AvgIpc) is 2.46. The van der Waals surface area contributed by atoms with Crippen LogP contribution in [0.25, 0.3) is 12.2 Å². The van der Waals surface area contributed by atoms with Crippen molar-refractivity contribution < 1.29 is 4.42 Å². The molecule has 0 fully saturated rings. The van der Waals surface area contributed by atoms with Gasteiger partial charge in [-0.3, -0.25) is 0 Å². The Bertz CT molecular complexity index is 438. The summed E-state index contributed by atoms with van der Waals surface area (Å²) in [5.41, 5.74) is 5.98. The zero-order valence-electron chi connectivity index (χ0n) is 7.61. The first-order valence-corrected chi connectivity index (χ1v) is 3.97. The van der Waals surface area contributed by atoms with Gasteiger partial charge < -0.3 is 10.2 Å². The van der Waals surface area contributed by atoms with Crippen LogP contribution in [0.2, 0.25) is 0 Å². The monoisotopic (exact) mass is 177 g/mol. The Balaban J connectivity index is 3.31. The lowest BCUT2D eigenvalue weighted by atomic mass is 10.2. The van der Waals surface area contributed by atoms with Crippen LogP contribution in [0.4, 0.5) is 6.01 Å². The summed E-state index contributed by atoms with van der Waals surface area (Å²) in [5.74, 6) is -0.191. The molecular formula is C9H11N3O. The molecule has 0 saturated carbocycles. The van der Waals surface area contributed by atoms with Crippen LogP contribution < -0.4 is 16.5 Å². The number of rotatable bonds is 1.